The van der Waals surface area contributed by atoms with Crippen LogP contribution in [0.5, 0.6) is 0 Å². The molecule has 0 spiro atoms. The largest absolute Gasteiger partial charge is 0.375 e. The summed E-state index contributed by atoms with van der Waals surface area (Å²) in [5.74, 6) is 1.54. The van der Waals surface area contributed by atoms with Gasteiger partial charge in [-0.15, -0.1) is 0 Å². The highest BCUT2D eigenvalue weighted by Gasteiger charge is 2.31. The predicted molar refractivity (Wildman–Crippen MR) is 47.6 cm³/mol. The van der Waals surface area contributed by atoms with Gasteiger partial charge in [-0.1, -0.05) is 13.8 Å². The topological polar surface area (TPSA) is 9.23 Å². The Morgan fingerprint density at radius 2 is 1.55 bits per heavy atom. The molecular formula is C10H20O. The lowest BCUT2D eigenvalue weighted by atomic mass is 10.0. The number of hydrogen-bond donors (Lipinski definition) is 0. The fourth-order valence-corrected chi connectivity index (χ4v) is 2.00. The van der Waals surface area contributed by atoms with Gasteiger partial charge in [-0.25, -0.2) is 0 Å². The molecule has 0 N–H and O–H groups in total. The monoisotopic (exact) mass is 156 g/mol. The molecule has 0 bridgehead atoms. The van der Waals surface area contributed by atoms with Crippen molar-refractivity contribution in [2.24, 2.45) is 11.8 Å². The van der Waals surface area contributed by atoms with E-state index in [1.165, 1.54) is 12.8 Å². The fraction of sp³-hybridized carbons (Fsp3) is 1.00. The smallest absolute Gasteiger partial charge is 0.0629 e. The van der Waals surface area contributed by atoms with E-state index < -0.39 is 0 Å². The summed E-state index contributed by atoms with van der Waals surface area (Å²) in [5, 5.41) is 0. The predicted octanol–water partition coefficient (Wildman–Crippen LogP) is 2.85. The van der Waals surface area contributed by atoms with Crippen molar-refractivity contribution in [3.63, 3.8) is 0 Å². The Bertz CT molecular complexity index is 110. The van der Waals surface area contributed by atoms with Gasteiger partial charge in [-0.3, -0.25) is 0 Å². The van der Waals surface area contributed by atoms with Gasteiger partial charge in [0.05, 0.1) is 12.2 Å². The van der Waals surface area contributed by atoms with Crippen molar-refractivity contribution in [3.05, 3.63) is 0 Å². The first-order chi connectivity index (χ1) is 5.11. The van der Waals surface area contributed by atoms with Gasteiger partial charge in [0.15, 0.2) is 0 Å². The molecule has 11 heavy (non-hydrogen) atoms. The molecule has 0 saturated heterocycles. The molecule has 1 rings (SSSR count). The van der Waals surface area contributed by atoms with E-state index in [2.05, 4.69) is 27.7 Å². The lowest BCUT2D eigenvalue weighted by molar-refractivity contribution is -0.0299. The first kappa shape index (κ1) is 9.05. The average molecular weight is 156 g/mol. The molecule has 0 aromatic carbocycles. The zero-order valence-corrected chi connectivity index (χ0v) is 8.13. The van der Waals surface area contributed by atoms with Crippen LogP contribution in [-0.4, -0.2) is 12.2 Å². The molecule has 66 valence electrons. The Morgan fingerprint density at radius 1 is 1.09 bits per heavy atom. The van der Waals surface area contributed by atoms with E-state index in [0.717, 1.165) is 11.8 Å². The minimum atomic E-state index is 0.392. The average Bonchev–Trinajstić information content (AvgIpc) is 2.18. The van der Waals surface area contributed by atoms with E-state index in [1.54, 1.807) is 0 Å². The van der Waals surface area contributed by atoms with Gasteiger partial charge < -0.3 is 4.74 Å². The molecule has 1 saturated carbocycles. The lowest BCUT2D eigenvalue weighted by Crippen LogP contribution is -2.25. The van der Waals surface area contributed by atoms with Crippen molar-refractivity contribution in [1.29, 1.82) is 0 Å². The highest BCUT2D eigenvalue weighted by atomic mass is 16.5. The number of hydrogen-bond acceptors (Lipinski definition) is 1. The third-order valence-corrected chi connectivity index (χ3v) is 2.63. The number of ether oxygens (including phenoxy) is 1. The van der Waals surface area contributed by atoms with Crippen LogP contribution in [0.4, 0.5) is 0 Å². The van der Waals surface area contributed by atoms with Crippen LogP contribution in [0.15, 0.2) is 0 Å². The summed E-state index contributed by atoms with van der Waals surface area (Å²) in [6.07, 6.45) is 3.61. The SMILES string of the molecule is CC(C)OC1C(C)CCC1C. The lowest BCUT2D eigenvalue weighted by Gasteiger charge is -2.23. The van der Waals surface area contributed by atoms with Gasteiger partial charge in [-0.2, -0.15) is 0 Å². The van der Waals surface area contributed by atoms with Crippen molar-refractivity contribution in [2.45, 2.75) is 52.7 Å². The van der Waals surface area contributed by atoms with Crippen molar-refractivity contribution in [3.8, 4) is 0 Å². The second-order valence-electron chi connectivity index (χ2n) is 4.18. The maximum atomic E-state index is 5.84. The molecule has 0 aromatic heterocycles. The van der Waals surface area contributed by atoms with Gasteiger partial charge in [0, 0.05) is 0 Å². The van der Waals surface area contributed by atoms with E-state index in [4.69, 9.17) is 4.74 Å². The van der Waals surface area contributed by atoms with Gasteiger partial charge in [0.25, 0.3) is 0 Å². The van der Waals surface area contributed by atoms with E-state index >= 15 is 0 Å². The van der Waals surface area contributed by atoms with Crippen molar-refractivity contribution in [1.82, 2.24) is 0 Å². The van der Waals surface area contributed by atoms with Gasteiger partial charge >= 0.3 is 0 Å². The summed E-state index contributed by atoms with van der Waals surface area (Å²) >= 11 is 0. The summed E-state index contributed by atoms with van der Waals surface area (Å²) in [4.78, 5) is 0. The summed E-state index contributed by atoms with van der Waals surface area (Å²) in [7, 11) is 0. The molecule has 1 aliphatic rings. The molecule has 0 amide bonds. The Morgan fingerprint density at radius 3 is 1.91 bits per heavy atom. The molecule has 0 aromatic rings. The molecule has 0 radical (unpaired) electrons. The van der Waals surface area contributed by atoms with Gasteiger partial charge in [-0.05, 0) is 38.5 Å². The standard InChI is InChI=1S/C10H20O/c1-7(2)11-10-8(3)5-6-9(10)4/h7-10H,5-6H2,1-4H3. The van der Waals surface area contributed by atoms with E-state index in [1.807, 2.05) is 0 Å². The molecule has 2 atom stereocenters. The Balaban J connectivity index is 2.41. The van der Waals surface area contributed by atoms with Crippen LogP contribution in [0.3, 0.4) is 0 Å². The Hall–Kier alpha value is -0.0400. The first-order valence-electron chi connectivity index (χ1n) is 4.76. The third kappa shape index (κ3) is 2.19. The zero-order valence-electron chi connectivity index (χ0n) is 8.13. The minimum absolute atomic E-state index is 0.392. The Kier molecular flexibility index (Phi) is 2.94. The molecular weight excluding hydrogens is 136 g/mol. The Labute approximate surface area is 70.1 Å². The summed E-state index contributed by atoms with van der Waals surface area (Å²) in [6, 6.07) is 0. The van der Waals surface area contributed by atoms with E-state index in [9.17, 15) is 0 Å². The van der Waals surface area contributed by atoms with E-state index in [-0.39, 0.29) is 0 Å². The highest BCUT2D eigenvalue weighted by molar-refractivity contribution is 4.81. The molecule has 1 nitrogen and oxygen atoms in total. The van der Waals surface area contributed by atoms with Gasteiger partial charge in [0.1, 0.15) is 0 Å². The van der Waals surface area contributed by atoms with Crippen LogP contribution >= 0.6 is 0 Å². The second-order valence-corrected chi connectivity index (χ2v) is 4.18. The fourth-order valence-electron chi connectivity index (χ4n) is 2.00. The molecule has 1 fully saturated rings. The maximum absolute atomic E-state index is 5.84. The van der Waals surface area contributed by atoms with Crippen LogP contribution in [0, 0.1) is 11.8 Å². The molecule has 0 heterocycles. The maximum Gasteiger partial charge on any atom is 0.0629 e. The van der Waals surface area contributed by atoms with Gasteiger partial charge in [0.2, 0.25) is 0 Å². The van der Waals surface area contributed by atoms with Crippen LogP contribution in [-0.2, 0) is 4.74 Å². The summed E-state index contributed by atoms with van der Waals surface area (Å²) < 4.78 is 5.84. The third-order valence-electron chi connectivity index (χ3n) is 2.63. The second kappa shape index (κ2) is 3.57. The summed E-state index contributed by atoms with van der Waals surface area (Å²) in [6.45, 7) is 8.85. The zero-order chi connectivity index (χ0) is 8.43. The normalized spacial score (nSPS) is 38.5. The van der Waals surface area contributed by atoms with Crippen LogP contribution < -0.4 is 0 Å². The highest BCUT2D eigenvalue weighted by Crippen LogP contribution is 2.33. The molecule has 2 unspecified atom stereocenters. The minimum Gasteiger partial charge on any atom is -0.375 e. The van der Waals surface area contributed by atoms with Crippen molar-refractivity contribution < 1.29 is 4.74 Å². The molecule has 1 heteroatoms. The van der Waals surface area contributed by atoms with Crippen LogP contribution in [0.25, 0.3) is 0 Å². The molecule has 0 aliphatic heterocycles. The molecule has 1 aliphatic carbocycles. The summed E-state index contributed by atoms with van der Waals surface area (Å²) in [5.41, 5.74) is 0. The van der Waals surface area contributed by atoms with Crippen molar-refractivity contribution >= 4 is 0 Å². The number of rotatable bonds is 2. The van der Waals surface area contributed by atoms with Crippen molar-refractivity contribution in [2.75, 3.05) is 0 Å². The van der Waals surface area contributed by atoms with Crippen LogP contribution in [0.1, 0.15) is 40.5 Å². The quantitative estimate of drug-likeness (QED) is 0.597. The first-order valence-corrected chi connectivity index (χ1v) is 4.76. The van der Waals surface area contributed by atoms with E-state index in [0.29, 0.717) is 12.2 Å². The van der Waals surface area contributed by atoms with Crippen LogP contribution in [0.2, 0.25) is 0 Å².